The second-order valence-corrected chi connectivity index (χ2v) is 11.4. The van der Waals surface area contributed by atoms with Crippen molar-refractivity contribution in [3.63, 3.8) is 0 Å². The molecule has 0 aromatic heterocycles. The van der Waals surface area contributed by atoms with Crippen LogP contribution in [0.3, 0.4) is 0 Å². The van der Waals surface area contributed by atoms with E-state index >= 15 is 0 Å². The van der Waals surface area contributed by atoms with Gasteiger partial charge < -0.3 is 4.90 Å². The van der Waals surface area contributed by atoms with Crippen LogP contribution < -0.4 is 4.90 Å². The summed E-state index contributed by atoms with van der Waals surface area (Å²) in [5.41, 5.74) is 9.14. The van der Waals surface area contributed by atoms with Gasteiger partial charge in [0.2, 0.25) is 0 Å². The molecule has 188 valence electrons. The number of piperidine rings is 1. The molecule has 1 heterocycles. The third-order valence-corrected chi connectivity index (χ3v) is 9.38. The Labute approximate surface area is 233 Å². The maximum absolute atomic E-state index is 10.7. The predicted octanol–water partition coefficient (Wildman–Crippen LogP) is 9.91. The number of fused-ring (bicyclic) bond motifs is 3. The maximum atomic E-state index is 10.7. The Bertz CT molecular complexity index is 2190. The van der Waals surface area contributed by atoms with Crippen LogP contribution in [0.4, 0.5) is 5.69 Å². The monoisotopic (exact) mass is 510 g/mol. The summed E-state index contributed by atoms with van der Waals surface area (Å²) in [6, 6.07) is 38.5. The number of nitriles is 1. The van der Waals surface area contributed by atoms with Gasteiger partial charge in [-0.15, -0.1) is 0 Å². The summed E-state index contributed by atoms with van der Waals surface area (Å²) in [5, 5.41) is 21.0. The molecule has 1 fully saturated rings. The minimum Gasteiger partial charge on any atom is -0.370 e. The molecule has 40 heavy (non-hydrogen) atoms. The van der Waals surface area contributed by atoms with E-state index in [-0.39, 0.29) is 0 Å². The van der Waals surface area contributed by atoms with Gasteiger partial charge in [0.1, 0.15) is 6.07 Å². The van der Waals surface area contributed by atoms with E-state index in [0.717, 1.165) is 29.9 Å². The number of benzene rings is 7. The first-order valence-electron chi connectivity index (χ1n) is 14.4. The van der Waals surface area contributed by atoms with Crippen molar-refractivity contribution in [3.8, 4) is 39.4 Å². The van der Waals surface area contributed by atoms with E-state index in [1.165, 1.54) is 90.2 Å². The van der Waals surface area contributed by atoms with E-state index in [1.54, 1.807) is 0 Å². The average molecular weight is 511 g/mol. The third kappa shape index (κ3) is 2.82. The molecule has 0 spiro atoms. The molecule has 0 radical (unpaired) electrons. The Morgan fingerprint density at radius 1 is 0.525 bits per heavy atom. The first kappa shape index (κ1) is 22.0. The average Bonchev–Trinajstić information content (AvgIpc) is 3.36. The summed E-state index contributed by atoms with van der Waals surface area (Å²) in [5.74, 6) is 0. The number of hydrogen-bond donors (Lipinski definition) is 0. The molecule has 0 saturated carbocycles. The van der Waals surface area contributed by atoms with Gasteiger partial charge in [0, 0.05) is 18.7 Å². The van der Waals surface area contributed by atoms with Crippen molar-refractivity contribution in [3.05, 3.63) is 103 Å². The Hall–Kier alpha value is -4.87. The van der Waals surface area contributed by atoms with E-state index < -0.39 is 0 Å². The SMILES string of the molecule is N#Cc1c(N2CCCCC2)cc(-c2ccc3ccc4cccc5ccc2c3c45)c2c1-c1cccc3cccc-2c13. The Kier molecular flexibility index (Phi) is 4.44. The van der Waals surface area contributed by atoms with Crippen LogP contribution in [0.15, 0.2) is 97.1 Å². The molecule has 0 unspecified atom stereocenters. The van der Waals surface area contributed by atoms with Gasteiger partial charge in [-0.05, 0) is 96.2 Å². The van der Waals surface area contributed by atoms with Crippen molar-refractivity contribution in [1.82, 2.24) is 0 Å². The van der Waals surface area contributed by atoms with Gasteiger partial charge in [0.05, 0.1) is 11.3 Å². The van der Waals surface area contributed by atoms with Crippen LogP contribution in [-0.4, -0.2) is 13.1 Å². The second-order valence-electron chi connectivity index (χ2n) is 11.4. The highest BCUT2D eigenvalue weighted by Crippen LogP contribution is 2.55. The second kappa shape index (κ2) is 8.07. The van der Waals surface area contributed by atoms with Gasteiger partial charge >= 0.3 is 0 Å². The number of anilines is 1. The van der Waals surface area contributed by atoms with Crippen molar-refractivity contribution >= 4 is 48.8 Å². The van der Waals surface area contributed by atoms with Crippen LogP contribution >= 0.6 is 0 Å². The van der Waals surface area contributed by atoms with E-state index in [2.05, 4.69) is 108 Å². The van der Waals surface area contributed by atoms with Gasteiger partial charge in [-0.1, -0.05) is 91.0 Å². The first-order chi connectivity index (χ1) is 19.8. The number of rotatable bonds is 2. The molecule has 0 bridgehead atoms. The van der Waals surface area contributed by atoms with Crippen molar-refractivity contribution in [2.45, 2.75) is 19.3 Å². The third-order valence-electron chi connectivity index (χ3n) is 9.38. The molecule has 1 aliphatic carbocycles. The topological polar surface area (TPSA) is 27.0 Å². The van der Waals surface area contributed by atoms with Crippen LogP contribution in [0, 0.1) is 11.3 Å². The summed E-state index contributed by atoms with van der Waals surface area (Å²) < 4.78 is 0. The summed E-state index contributed by atoms with van der Waals surface area (Å²) in [4.78, 5) is 2.46. The van der Waals surface area contributed by atoms with E-state index in [1.807, 2.05) is 0 Å². The highest BCUT2D eigenvalue weighted by Gasteiger charge is 2.31. The first-order valence-corrected chi connectivity index (χ1v) is 14.4. The molecular formula is C38H26N2. The van der Waals surface area contributed by atoms with Crippen LogP contribution in [0.2, 0.25) is 0 Å². The molecule has 0 amide bonds. The molecule has 9 rings (SSSR count). The molecule has 1 saturated heterocycles. The normalized spacial score (nSPS) is 14.4. The molecule has 0 atom stereocenters. The fourth-order valence-electron chi connectivity index (χ4n) is 7.66. The standard InChI is InChI=1S/C38H26N2/c39-22-32-33(40-19-2-1-3-20-40)21-31(37-29-11-5-9-23-10-6-12-30(35(23)29)38(32)37)27-17-15-26-14-13-24-7-4-8-25-16-18-28(27)36(26)34(24)25/h4-18,21H,1-3,19-20H2. The molecule has 2 heteroatoms. The molecule has 7 aromatic carbocycles. The molecule has 1 aliphatic heterocycles. The lowest BCUT2D eigenvalue weighted by Gasteiger charge is -2.31. The number of hydrogen-bond acceptors (Lipinski definition) is 2. The van der Waals surface area contributed by atoms with Crippen LogP contribution in [0.1, 0.15) is 24.8 Å². The molecule has 2 nitrogen and oxygen atoms in total. The van der Waals surface area contributed by atoms with Crippen molar-refractivity contribution in [1.29, 1.82) is 5.26 Å². The predicted molar refractivity (Wildman–Crippen MR) is 168 cm³/mol. The lowest BCUT2D eigenvalue weighted by Crippen LogP contribution is -2.30. The molecule has 7 aromatic rings. The molecule has 0 N–H and O–H groups in total. The lowest BCUT2D eigenvalue weighted by molar-refractivity contribution is 0.577. The highest BCUT2D eigenvalue weighted by atomic mass is 15.1. The van der Waals surface area contributed by atoms with Crippen molar-refractivity contribution in [2.75, 3.05) is 18.0 Å². The quantitative estimate of drug-likeness (QED) is 0.216. The van der Waals surface area contributed by atoms with E-state index in [0.29, 0.717) is 0 Å². The van der Waals surface area contributed by atoms with Crippen molar-refractivity contribution in [2.24, 2.45) is 0 Å². The molecular weight excluding hydrogens is 484 g/mol. The van der Waals surface area contributed by atoms with Crippen LogP contribution in [0.5, 0.6) is 0 Å². The molecule has 2 aliphatic rings. The smallest absolute Gasteiger partial charge is 0.102 e. The number of nitrogens with zero attached hydrogens (tertiary/aromatic N) is 2. The minimum absolute atomic E-state index is 0.821. The lowest BCUT2D eigenvalue weighted by atomic mass is 9.85. The summed E-state index contributed by atoms with van der Waals surface area (Å²) >= 11 is 0. The van der Waals surface area contributed by atoms with Gasteiger partial charge in [0.15, 0.2) is 0 Å². The Morgan fingerprint density at radius 3 is 1.85 bits per heavy atom. The Balaban J connectivity index is 1.45. The van der Waals surface area contributed by atoms with Crippen LogP contribution in [0.25, 0.3) is 76.5 Å². The van der Waals surface area contributed by atoms with Gasteiger partial charge in [-0.25, -0.2) is 0 Å². The summed E-state index contributed by atoms with van der Waals surface area (Å²) in [7, 11) is 0. The van der Waals surface area contributed by atoms with Crippen molar-refractivity contribution < 1.29 is 0 Å². The zero-order valence-electron chi connectivity index (χ0n) is 22.2. The maximum Gasteiger partial charge on any atom is 0.102 e. The minimum atomic E-state index is 0.821. The zero-order valence-corrected chi connectivity index (χ0v) is 22.2. The van der Waals surface area contributed by atoms with Crippen LogP contribution in [-0.2, 0) is 0 Å². The van der Waals surface area contributed by atoms with E-state index in [4.69, 9.17) is 0 Å². The fraction of sp³-hybridized carbons (Fsp3) is 0.132. The summed E-state index contributed by atoms with van der Waals surface area (Å²) in [6.07, 6.45) is 3.60. The summed E-state index contributed by atoms with van der Waals surface area (Å²) in [6.45, 7) is 2.01. The fourth-order valence-corrected chi connectivity index (χ4v) is 7.66. The van der Waals surface area contributed by atoms with E-state index in [9.17, 15) is 5.26 Å². The zero-order chi connectivity index (χ0) is 26.4. The highest BCUT2D eigenvalue weighted by molar-refractivity contribution is 6.27. The van der Waals surface area contributed by atoms with Gasteiger partial charge in [-0.3, -0.25) is 0 Å². The largest absolute Gasteiger partial charge is 0.370 e. The Morgan fingerprint density at radius 2 is 1.12 bits per heavy atom. The van der Waals surface area contributed by atoms with Gasteiger partial charge in [-0.2, -0.15) is 5.26 Å². The van der Waals surface area contributed by atoms with Gasteiger partial charge in [0.25, 0.3) is 0 Å².